The molecule has 0 N–H and O–H groups in total. The van der Waals surface area contributed by atoms with Gasteiger partial charge in [-0.05, 0) is 50.3 Å². The van der Waals surface area contributed by atoms with Crippen LogP contribution in [0.25, 0.3) is 11.4 Å². The zero-order valence-corrected chi connectivity index (χ0v) is 13.7. The van der Waals surface area contributed by atoms with E-state index in [-0.39, 0.29) is 11.5 Å². The van der Waals surface area contributed by atoms with Gasteiger partial charge in [0.25, 0.3) is 0 Å². The maximum Gasteiger partial charge on any atom is 0.361 e. The van der Waals surface area contributed by atoms with Crippen molar-refractivity contribution in [2.24, 2.45) is 0 Å². The summed E-state index contributed by atoms with van der Waals surface area (Å²) < 4.78 is 7.38. The highest BCUT2D eigenvalue weighted by atomic mass is 16.5. The number of nitrogens with zero attached hydrogens (tertiary/aromatic N) is 3. The molecule has 3 unspecified atom stereocenters. The van der Waals surface area contributed by atoms with Crippen LogP contribution in [0.2, 0.25) is 0 Å². The predicted molar refractivity (Wildman–Crippen MR) is 85.5 cm³/mol. The lowest BCUT2D eigenvalue weighted by Crippen LogP contribution is -2.58. The summed E-state index contributed by atoms with van der Waals surface area (Å²) in [6.45, 7) is 6.26. The fourth-order valence-corrected chi connectivity index (χ4v) is 4.12. The molecule has 1 aromatic heterocycles. The minimum Gasteiger partial charge on any atom is -0.710 e. The molecule has 1 aromatic carbocycles. The van der Waals surface area contributed by atoms with Gasteiger partial charge in [0.1, 0.15) is 11.3 Å². The van der Waals surface area contributed by atoms with Gasteiger partial charge in [-0.2, -0.15) is 0 Å². The fourth-order valence-electron chi connectivity index (χ4n) is 4.12. The first-order chi connectivity index (χ1) is 11.0. The number of benzene rings is 1. The first-order valence-corrected chi connectivity index (χ1v) is 8.25. The second kappa shape index (κ2) is 4.74. The van der Waals surface area contributed by atoms with Gasteiger partial charge >= 0.3 is 5.82 Å². The van der Waals surface area contributed by atoms with Crippen LogP contribution in [-0.4, -0.2) is 15.8 Å². The highest BCUT2D eigenvalue weighted by Crippen LogP contribution is 2.55. The van der Waals surface area contributed by atoms with Crippen molar-refractivity contribution in [1.29, 1.82) is 0 Å². The van der Waals surface area contributed by atoms with Gasteiger partial charge in [0.2, 0.25) is 0 Å². The van der Waals surface area contributed by atoms with Crippen LogP contribution >= 0.6 is 0 Å². The Morgan fingerprint density at radius 3 is 2.70 bits per heavy atom. The molecule has 0 spiro atoms. The average molecular weight is 311 g/mol. The van der Waals surface area contributed by atoms with Crippen molar-refractivity contribution in [2.75, 3.05) is 0 Å². The molecule has 1 aliphatic carbocycles. The van der Waals surface area contributed by atoms with Crippen molar-refractivity contribution in [3.05, 3.63) is 46.9 Å². The molecule has 5 nitrogen and oxygen atoms in total. The topological polar surface area (TPSA) is 62.0 Å². The first-order valence-electron chi connectivity index (χ1n) is 8.25. The van der Waals surface area contributed by atoms with E-state index >= 15 is 0 Å². The van der Waals surface area contributed by atoms with Gasteiger partial charge in [-0.25, -0.2) is 4.73 Å². The smallest absolute Gasteiger partial charge is 0.361 e. The first kappa shape index (κ1) is 14.6. The maximum absolute atomic E-state index is 13.1. The molecule has 1 saturated heterocycles. The van der Waals surface area contributed by atoms with Crippen molar-refractivity contribution in [3.63, 3.8) is 0 Å². The van der Waals surface area contributed by atoms with Crippen molar-refractivity contribution in [2.45, 2.75) is 57.2 Å². The summed E-state index contributed by atoms with van der Waals surface area (Å²) in [5.74, 6) is 0.443. The van der Waals surface area contributed by atoms with E-state index in [1.165, 1.54) is 0 Å². The predicted octanol–water partition coefficient (Wildman–Crippen LogP) is 3.07. The standard InChI is InChI=1S/C18H21N3O2/c1-4-17(2)13-10-11-18(3,23-17)15-14(13)21(22)16(20-19-15)12-8-6-5-7-9-12/h5-9,13H,4,10-11H2,1-3H3. The number of hydrogen-bond acceptors (Lipinski definition) is 4. The van der Waals surface area contributed by atoms with Crippen molar-refractivity contribution in [3.8, 4) is 11.4 Å². The van der Waals surface area contributed by atoms with Gasteiger partial charge in [0.05, 0.1) is 22.2 Å². The SMILES string of the molecule is CCC1(C)OC2(C)CCC1c1c2nnc(-c2ccccc2)[n+]1[O-]. The number of fused-ring (bicyclic) bond motifs is 2. The molecule has 2 aromatic rings. The van der Waals surface area contributed by atoms with Crippen molar-refractivity contribution >= 4 is 0 Å². The van der Waals surface area contributed by atoms with E-state index in [2.05, 4.69) is 24.0 Å². The molecule has 0 radical (unpaired) electrons. The molecule has 0 saturated carbocycles. The van der Waals surface area contributed by atoms with E-state index in [0.717, 1.165) is 35.3 Å². The van der Waals surface area contributed by atoms with Gasteiger partial charge in [-0.3, -0.25) is 0 Å². The van der Waals surface area contributed by atoms with Gasteiger partial charge in [0, 0.05) is 0 Å². The summed E-state index contributed by atoms with van der Waals surface area (Å²) in [6, 6.07) is 9.52. The van der Waals surface area contributed by atoms with Gasteiger partial charge in [-0.1, -0.05) is 25.1 Å². The molecule has 5 heteroatoms. The largest absolute Gasteiger partial charge is 0.710 e. The van der Waals surface area contributed by atoms with Gasteiger partial charge in [0.15, 0.2) is 5.69 Å². The van der Waals surface area contributed by atoms with E-state index < -0.39 is 5.60 Å². The monoisotopic (exact) mass is 311 g/mol. The molecule has 2 aliphatic heterocycles. The molecule has 0 amide bonds. The van der Waals surface area contributed by atoms with E-state index in [4.69, 9.17) is 4.74 Å². The van der Waals surface area contributed by atoms with Gasteiger partial charge in [-0.15, -0.1) is 0 Å². The van der Waals surface area contributed by atoms with E-state index in [1.807, 2.05) is 37.3 Å². The van der Waals surface area contributed by atoms with Crippen LogP contribution in [0.5, 0.6) is 0 Å². The Bertz CT molecular complexity index is 764. The number of rotatable bonds is 2. The summed E-state index contributed by atoms with van der Waals surface area (Å²) >= 11 is 0. The van der Waals surface area contributed by atoms with Crippen LogP contribution in [0.15, 0.2) is 30.3 Å². The van der Waals surface area contributed by atoms with Crippen molar-refractivity contribution < 1.29 is 9.47 Å². The van der Waals surface area contributed by atoms with Crippen LogP contribution in [0.3, 0.4) is 0 Å². The third-order valence-corrected chi connectivity index (χ3v) is 5.57. The summed E-state index contributed by atoms with van der Waals surface area (Å²) in [6.07, 6.45) is 2.71. The Kier molecular flexibility index (Phi) is 3.00. The minimum absolute atomic E-state index is 0.0692. The number of ether oxygens (including phenoxy) is 1. The zero-order chi connectivity index (χ0) is 16.2. The quantitative estimate of drug-likeness (QED) is 0.631. The normalized spacial score (nSPS) is 31.9. The van der Waals surface area contributed by atoms with E-state index in [0.29, 0.717) is 11.5 Å². The third-order valence-electron chi connectivity index (χ3n) is 5.57. The zero-order valence-electron chi connectivity index (χ0n) is 13.7. The molecule has 1 fully saturated rings. The Hall–Kier alpha value is -2.01. The third kappa shape index (κ3) is 1.92. The maximum atomic E-state index is 13.1. The van der Waals surface area contributed by atoms with Crippen LogP contribution in [0.4, 0.5) is 0 Å². The molecule has 120 valence electrons. The molecule has 2 bridgehead atoms. The second-order valence-electron chi connectivity index (χ2n) is 7.01. The van der Waals surface area contributed by atoms with Crippen LogP contribution in [0, 0.1) is 5.21 Å². The average Bonchev–Trinajstić information content (AvgIpc) is 2.56. The lowest BCUT2D eigenvalue weighted by atomic mass is 9.67. The van der Waals surface area contributed by atoms with Gasteiger partial charge < -0.3 is 9.94 Å². The molecule has 5 rings (SSSR count). The molecular formula is C18H21N3O2. The molecule has 23 heavy (non-hydrogen) atoms. The van der Waals surface area contributed by atoms with E-state index in [9.17, 15) is 5.21 Å². The van der Waals surface area contributed by atoms with Crippen LogP contribution < -0.4 is 4.73 Å². The lowest BCUT2D eigenvalue weighted by Gasteiger charge is -2.53. The van der Waals surface area contributed by atoms with Crippen LogP contribution in [0.1, 0.15) is 57.3 Å². The Morgan fingerprint density at radius 1 is 1.26 bits per heavy atom. The number of aromatic nitrogens is 3. The Labute approximate surface area is 135 Å². The highest BCUT2D eigenvalue weighted by Gasteiger charge is 2.57. The minimum atomic E-state index is -0.511. The Morgan fingerprint density at radius 2 is 2.00 bits per heavy atom. The fraction of sp³-hybridized carbons (Fsp3) is 0.500. The molecular weight excluding hydrogens is 290 g/mol. The summed E-state index contributed by atoms with van der Waals surface area (Å²) in [5.41, 5.74) is 1.44. The molecule has 3 heterocycles. The second-order valence-corrected chi connectivity index (χ2v) is 7.01. The molecule has 3 aliphatic rings. The highest BCUT2D eigenvalue weighted by molar-refractivity contribution is 5.51. The van der Waals surface area contributed by atoms with E-state index in [1.54, 1.807) is 0 Å². The van der Waals surface area contributed by atoms with Crippen LogP contribution in [-0.2, 0) is 10.3 Å². The summed E-state index contributed by atoms with van der Waals surface area (Å²) in [4.78, 5) is 0. The van der Waals surface area contributed by atoms with Crippen molar-refractivity contribution in [1.82, 2.24) is 10.2 Å². The molecule has 3 atom stereocenters. The summed E-state index contributed by atoms with van der Waals surface area (Å²) in [5, 5.41) is 21.7. The Balaban J connectivity index is 1.94. The number of hydrogen-bond donors (Lipinski definition) is 0. The summed E-state index contributed by atoms with van der Waals surface area (Å²) in [7, 11) is 0. The lowest BCUT2D eigenvalue weighted by molar-refractivity contribution is -0.613.